The largest absolute Gasteiger partial charge is 0.494 e. The van der Waals surface area contributed by atoms with Crippen LogP contribution in [0.4, 0.5) is 15.8 Å². The first kappa shape index (κ1) is 14.2. The summed E-state index contributed by atoms with van der Waals surface area (Å²) in [5.41, 5.74) is 8.38. The predicted octanol–water partition coefficient (Wildman–Crippen LogP) is 3.98. The molecule has 0 heterocycles. The molecule has 1 unspecified atom stereocenters. The van der Waals surface area contributed by atoms with Crippen LogP contribution < -0.4 is 15.8 Å². The fourth-order valence-corrected chi connectivity index (χ4v) is 2.04. The zero-order chi connectivity index (χ0) is 14.5. The lowest BCUT2D eigenvalue weighted by Gasteiger charge is -2.17. The summed E-state index contributed by atoms with van der Waals surface area (Å²) < 4.78 is 18.4. The van der Waals surface area contributed by atoms with E-state index in [4.69, 9.17) is 10.5 Å². The highest BCUT2D eigenvalue weighted by molar-refractivity contribution is 5.59. The van der Waals surface area contributed by atoms with E-state index in [9.17, 15) is 4.39 Å². The van der Waals surface area contributed by atoms with E-state index in [1.165, 1.54) is 12.1 Å². The molecule has 0 fully saturated rings. The lowest BCUT2D eigenvalue weighted by atomic mass is 10.1. The molecule has 0 aromatic heterocycles. The fourth-order valence-electron chi connectivity index (χ4n) is 2.04. The number of halogens is 1. The van der Waals surface area contributed by atoms with Crippen molar-refractivity contribution in [1.29, 1.82) is 0 Å². The van der Waals surface area contributed by atoms with Gasteiger partial charge in [0.05, 0.1) is 6.61 Å². The molecule has 0 saturated carbocycles. The number of anilines is 2. The SMILES string of the molecule is CCOc1cc(N)cc(NC(C)c2ccc(F)cc2)c1. The highest BCUT2D eigenvalue weighted by Crippen LogP contribution is 2.26. The third-order valence-electron chi connectivity index (χ3n) is 2.99. The first-order chi connectivity index (χ1) is 9.58. The van der Waals surface area contributed by atoms with Crippen LogP contribution in [-0.4, -0.2) is 6.61 Å². The average Bonchev–Trinajstić information content (AvgIpc) is 2.39. The van der Waals surface area contributed by atoms with Crippen molar-refractivity contribution in [2.24, 2.45) is 0 Å². The Morgan fingerprint density at radius 2 is 1.90 bits per heavy atom. The molecule has 0 amide bonds. The van der Waals surface area contributed by atoms with E-state index in [-0.39, 0.29) is 11.9 Å². The van der Waals surface area contributed by atoms with E-state index in [1.807, 2.05) is 26.0 Å². The van der Waals surface area contributed by atoms with E-state index in [1.54, 1.807) is 18.2 Å². The molecule has 0 aliphatic heterocycles. The van der Waals surface area contributed by atoms with Crippen molar-refractivity contribution in [3.05, 3.63) is 53.8 Å². The van der Waals surface area contributed by atoms with Crippen molar-refractivity contribution >= 4 is 11.4 Å². The normalized spacial score (nSPS) is 11.9. The van der Waals surface area contributed by atoms with Gasteiger partial charge in [0, 0.05) is 29.5 Å². The molecule has 0 bridgehead atoms. The van der Waals surface area contributed by atoms with Crippen molar-refractivity contribution in [2.45, 2.75) is 19.9 Å². The van der Waals surface area contributed by atoms with Gasteiger partial charge in [0.15, 0.2) is 0 Å². The van der Waals surface area contributed by atoms with Crippen LogP contribution in [0.3, 0.4) is 0 Å². The van der Waals surface area contributed by atoms with Crippen molar-refractivity contribution < 1.29 is 9.13 Å². The third-order valence-corrected chi connectivity index (χ3v) is 2.99. The third kappa shape index (κ3) is 3.63. The summed E-state index contributed by atoms with van der Waals surface area (Å²) in [4.78, 5) is 0. The molecular weight excluding hydrogens is 255 g/mol. The Labute approximate surface area is 118 Å². The van der Waals surface area contributed by atoms with Gasteiger partial charge in [0.1, 0.15) is 11.6 Å². The maximum atomic E-state index is 12.9. The first-order valence-corrected chi connectivity index (χ1v) is 6.64. The Hall–Kier alpha value is -2.23. The molecule has 0 saturated heterocycles. The minimum atomic E-state index is -0.233. The Morgan fingerprint density at radius 3 is 2.55 bits per heavy atom. The van der Waals surface area contributed by atoms with Crippen molar-refractivity contribution in [1.82, 2.24) is 0 Å². The number of benzene rings is 2. The van der Waals surface area contributed by atoms with Crippen LogP contribution in [0.2, 0.25) is 0 Å². The van der Waals surface area contributed by atoms with Crippen LogP contribution in [0.15, 0.2) is 42.5 Å². The summed E-state index contributed by atoms with van der Waals surface area (Å²) in [5, 5.41) is 3.33. The Kier molecular flexibility index (Phi) is 4.45. The summed E-state index contributed by atoms with van der Waals surface area (Å²) in [6.07, 6.45) is 0. The maximum absolute atomic E-state index is 12.9. The smallest absolute Gasteiger partial charge is 0.123 e. The average molecular weight is 274 g/mol. The minimum Gasteiger partial charge on any atom is -0.494 e. The zero-order valence-electron chi connectivity index (χ0n) is 11.7. The summed E-state index contributed by atoms with van der Waals surface area (Å²) in [7, 11) is 0. The molecule has 3 nitrogen and oxygen atoms in total. The van der Waals surface area contributed by atoms with E-state index >= 15 is 0 Å². The summed E-state index contributed by atoms with van der Waals surface area (Å²) >= 11 is 0. The summed E-state index contributed by atoms with van der Waals surface area (Å²) in [6.45, 7) is 4.53. The van der Waals surface area contributed by atoms with Gasteiger partial charge in [-0.25, -0.2) is 4.39 Å². The van der Waals surface area contributed by atoms with Gasteiger partial charge in [-0.2, -0.15) is 0 Å². The molecular formula is C16H19FN2O. The van der Waals surface area contributed by atoms with E-state index < -0.39 is 0 Å². The van der Waals surface area contributed by atoms with Crippen molar-refractivity contribution in [3.63, 3.8) is 0 Å². The number of nitrogens with one attached hydrogen (secondary N) is 1. The Morgan fingerprint density at radius 1 is 1.20 bits per heavy atom. The molecule has 0 spiro atoms. The van der Waals surface area contributed by atoms with Gasteiger partial charge in [0.2, 0.25) is 0 Å². The van der Waals surface area contributed by atoms with E-state index in [0.717, 1.165) is 17.0 Å². The molecule has 0 aliphatic carbocycles. The molecule has 1 atom stereocenters. The first-order valence-electron chi connectivity index (χ1n) is 6.64. The van der Waals surface area contributed by atoms with Gasteiger partial charge in [-0.05, 0) is 37.6 Å². The monoisotopic (exact) mass is 274 g/mol. The van der Waals surface area contributed by atoms with E-state index in [2.05, 4.69) is 5.32 Å². The van der Waals surface area contributed by atoms with Crippen LogP contribution >= 0.6 is 0 Å². The molecule has 3 N–H and O–H groups in total. The molecule has 2 rings (SSSR count). The van der Waals surface area contributed by atoms with Crippen LogP contribution in [0.5, 0.6) is 5.75 Å². The Balaban J connectivity index is 2.14. The maximum Gasteiger partial charge on any atom is 0.123 e. The standard InChI is InChI=1S/C16H19FN2O/c1-3-20-16-9-14(18)8-15(10-16)19-11(2)12-4-6-13(17)7-5-12/h4-11,19H,3,18H2,1-2H3. The van der Waals surface area contributed by atoms with Crippen LogP contribution in [-0.2, 0) is 0 Å². The second-order valence-corrected chi connectivity index (χ2v) is 4.64. The number of hydrogen-bond acceptors (Lipinski definition) is 3. The van der Waals surface area contributed by atoms with Gasteiger partial charge < -0.3 is 15.8 Å². The van der Waals surface area contributed by atoms with E-state index in [0.29, 0.717) is 12.3 Å². The lowest BCUT2D eigenvalue weighted by Crippen LogP contribution is -2.07. The Bertz CT molecular complexity index is 569. The second-order valence-electron chi connectivity index (χ2n) is 4.64. The van der Waals surface area contributed by atoms with Gasteiger partial charge in [-0.3, -0.25) is 0 Å². The van der Waals surface area contributed by atoms with Crippen LogP contribution in [0.25, 0.3) is 0 Å². The number of hydrogen-bond donors (Lipinski definition) is 2. The number of rotatable bonds is 5. The van der Waals surface area contributed by atoms with Gasteiger partial charge >= 0.3 is 0 Å². The molecule has 106 valence electrons. The molecule has 2 aromatic carbocycles. The minimum absolute atomic E-state index is 0.0480. The molecule has 0 radical (unpaired) electrons. The summed E-state index contributed by atoms with van der Waals surface area (Å²) in [6, 6.07) is 12.0. The lowest BCUT2D eigenvalue weighted by molar-refractivity contribution is 0.340. The molecule has 2 aromatic rings. The summed E-state index contributed by atoms with van der Waals surface area (Å²) in [5.74, 6) is 0.504. The van der Waals surface area contributed by atoms with Crippen molar-refractivity contribution in [3.8, 4) is 5.75 Å². The molecule has 0 aliphatic rings. The van der Waals surface area contributed by atoms with Gasteiger partial charge in [0.25, 0.3) is 0 Å². The second kappa shape index (κ2) is 6.28. The highest BCUT2D eigenvalue weighted by atomic mass is 19.1. The number of ether oxygens (including phenoxy) is 1. The van der Waals surface area contributed by atoms with Gasteiger partial charge in [-0.1, -0.05) is 12.1 Å². The number of nitrogen functional groups attached to an aromatic ring is 1. The molecule has 20 heavy (non-hydrogen) atoms. The van der Waals surface area contributed by atoms with Gasteiger partial charge in [-0.15, -0.1) is 0 Å². The highest BCUT2D eigenvalue weighted by Gasteiger charge is 2.07. The quantitative estimate of drug-likeness (QED) is 0.811. The van der Waals surface area contributed by atoms with Crippen LogP contribution in [0.1, 0.15) is 25.5 Å². The fraction of sp³-hybridized carbons (Fsp3) is 0.250. The predicted molar refractivity (Wildman–Crippen MR) is 80.5 cm³/mol. The van der Waals surface area contributed by atoms with Crippen molar-refractivity contribution in [2.75, 3.05) is 17.7 Å². The number of nitrogens with two attached hydrogens (primary N) is 1. The topological polar surface area (TPSA) is 47.3 Å². The van der Waals surface area contributed by atoms with Crippen LogP contribution in [0, 0.1) is 5.82 Å². The molecule has 4 heteroatoms. The zero-order valence-corrected chi connectivity index (χ0v) is 11.7.